The third-order valence-electron chi connectivity index (χ3n) is 3.91. The summed E-state index contributed by atoms with van der Waals surface area (Å²) >= 11 is 0. The van der Waals surface area contributed by atoms with Crippen LogP contribution in [0.4, 0.5) is 0 Å². The molecule has 1 amide bonds. The molecule has 1 aromatic rings. The Balaban J connectivity index is 1.92. The Kier molecular flexibility index (Phi) is 5.01. The molecule has 0 aromatic heterocycles. The number of aromatic hydroxyl groups is 1. The maximum absolute atomic E-state index is 12.3. The molecule has 1 fully saturated rings. The number of hydrogen-bond acceptors (Lipinski definition) is 3. The molecule has 2 unspecified atom stereocenters. The van der Waals surface area contributed by atoms with Crippen molar-refractivity contribution in [3.8, 4) is 5.75 Å². The molecule has 2 rings (SSSR count). The van der Waals surface area contributed by atoms with E-state index in [-0.39, 0.29) is 23.7 Å². The van der Waals surface area contributed by atoms with E-state index in [9.17, 15) is 9.90 Å². The quantitative estimate of drug-likeness (QED) is 0.888. The van der Waals surface area contributed by atoms with Crippen molar-refractivity contribution >= 4 is 5.91 Å². The van der Waals surface area contributed by atoms with Crippen LogP contribution in [0.3, 0.4) is 0 Å². The first-order valence-corrected chi connectivity index (χ1v) is 7.41. The molecule has 2 atom stereocenters. The van der Waals surface area contributed by atoms with Crippen LogP contribution >= 0.6 is 0 Å². The number of rotatable bonds is 4. The van der Waals surface area contributed by atoms with E-state index in [2.05, 4.69) is 5.32 Å². The first-order chi connectivity index (χ1) is 9.58. The van der Waals surface area contributed by atoms with Gasteiger partial charge in [-0.1, -0.05) is 12.1 Å². The number of phenols is 1. The van der Waals surface area contributed by atoms with Crippen molar-refractivity contribution in [1.82, 2.24) is 10.2 Å². The van der Waals surface area contributed by atoms with Crippen LogP contribution in [0.15, 0.2) is 24.3 Å². The summed E-state index contributed by atoms with van der Waals surface area (Å²) in [4.78, 5) is 14.3. The molecule has 1 aliphatic rings. The average molecular weight is 276 g/mol. The predicted molar refractivity (Wildman–Crippen MR) is 79.6 cm³/mol. The van der Waals surface area contributed by atoms with E-state index in [0.717, 1.165) is 31.5 Å². The summed E-state index contributed by atoms with van der Waals surface area (Å²) in [5.74, 6) is 0.433. The number of hydrogen-bond donors (Lipinski definition) is 2. The van der Waals surface area contributed by atoms with Crippen LogP contribution in [0, 0.1) is 0 Å². The second-order valence-electron chi connectivity index (χ2n) is 5.59. The van der Waals surface area contributed by atoms with E-state index in [1.807, 2.05) is 30.9 Å². The van der Waals surface area contributed by atoms with Crippen molar-refractivity contribution in [1.29, 1.82) is 0 Å². The van der Waals surface area contributed by atoms with Crippen LogP contribution in [0.1, 0.15) is 44.7 Å². The van der Waals surface area contributed by atoms with Crippen molar-refractivity contribution < 1.29 is 9.90 Å². The second kappa shape index (κ2) is 6.75. The van der Waals surface area contributed by atoms with Crippen molar-refractivity contribution in [3.63, 3.8) is 0 Å². The molecule has 1 aromatic carbocycles. The van der Waals surface area contributed by atoms with Gasteiger partial charge >= 0.3 is 0 Å². The van der Waals surface area contributed by atoms with Gasteiger partial charge in [0.1, 0.15) is 5.75 Å². The van der Waals surface area contributed by atoms with Crippen LogP contribution in [-0.2, 0) is 4.79 Å². The van der Waals surface area contributed by atoms with Crippen molar-refractivity contribution in [3.05, 3.63) is 29.8 Å². The number of carbonyl (C=O) groups excluding carboxylic acids is 1. The van der Waals surface area contributed by atoms with E-state index in [1.165, 1.54) is 6.42 Å². The topological polar surface area (TPSA) is 52.6 Å². The molecule has 2 N–H and O–H groups in total. The molecule has 0 spiro atoms. The third-order valence-corrected chi connectivity index (χ3v) is 3.91. The number of nitrogens with one attached hydrogen (secondary N) is 1. The number of amides is 1. The smallest absolute Gasteiger partial charge is 0.239 e. The molecule has 4 heteroatoms. The third kappa shape index (κ3) is 3.73. The number of carbonyl (C=O) groups is 1. The summed E-state index contributed by atoms with van der Waals surface area (Å²) in [6.45, 7) is 5.68. The predicted octanol–water partition coefficient (Wildman–Crippen LogP) is 2.44. The summed E-state index contributed by atoms with van der Waals surface area (Å²) in [5, 5.41) is 12.8. The molecule has 4 nitrogen and oxygen atoms in total. The summed E-state index contributed by atoms with van der Waals surface area (Å²) in [6.07, 6.45) is 3.45. The number of phenolic OH excluding ortho intramolecular Hbond substituents is 1. The van der Waals surface area contributed by atoms with Crippen LogP contribution in [0.25, 0.3) is 0 Å². The number of likely N-dealkylation sites (tertiary alicyclic amines) is 1. The fraction of sp³-hybridized carbons (Fsp3) is 0.562. The number of piperidine rings is 1. The Morgan fingerprint density at radius 2 is 1.95 bits per heavy atom. The SMILES string of the molecule is CC(NC(C)c1cccc(O)c1)C(=O)N1CCCCC1. The lowest BCUT2D eigenvalue weighted by atomic mass is 10.1. The van der Waals surface area contributed by atoms with Crippen LogP contribution in [0.5, 0.6) is 5.75 Å². The van der Waals surface area contributed by atoms with E-state index in [4.69, 9.17) is 0 Å². The fourth-order valence-electron chi connectivity index (χ4n) is 2.72. The molecule has 20 heavy (non-hydrogen) atoms. The Hall–Kier alpha value is -1.55. The largest absolute Gasteiger partial charge is 0.508 e. The molecule has 0 aliphatic carbocycles. The van der Waals surface area contributed by atoms with Gasteiger partial charge < -0.3 is 10.0 Å². The van der Waals surface area contributed by atoms with Crippen LogP contribution < -0.4 is 5.32 Å². The van der Waals surface area contributed by atoms with E-state index < -0.39 is 0 Å². The standard InChI is InChI=1S/C16H24N2O2/c1-12(14-7-6-8-15(19)11-14)17-13(2)16(20)18-9-4-3-5-10-18/h6-8,11-13,17,19H,3-5,9-10H2,1-2H3. The first kappa shape index (κ1) is 14.9. The van der Waals surface area contributed by atoms with Gasteiger partial charge in [-0.25, -0.2) is 0 Å². The minimum absolute atomic E-state index is 0.0332. The maximum atomic E-state index is 12.3. The van der Waals surface area contributed by atoms with Gasteiger partial charge in [0.2, 0.25) is 5.91 Å². The molecule has 110 valence electrons. The number of nitrogens with zero attached hydrogens (tertiary/aromatic N) is 1. The van der Waals surface area contributed by atoms with Crippen molar-refractivity contribution in [2.24, 2.45) is 0 Å². The molecule has 0 bridgehead atoms. The van der Waals surface area contributed by atoms with Gasteiger partial charge in [-0.3, -0.25) is 10.1 Å². The summed E-state index contributed by atoms with van der Waals surface area (Å²) in [6, 6.07) is 6.99. The van der Waals surface area contributed by atoms with Gasteiger partial charge in [0.05, 0.1) is 6.04 Å². The van der Waals surface area contributed by atoms with E-state index in [1.54, 1.807) is 12.1 Å². The highest BCUT2D eigenvalue weighted by molar-refractivity contribution is 5.81. The minimum atomic E-state index is -0.203. The lowest BCUT2D eigenvalue weighted by molar-refractivity contribution is -0.134. The molecule has 0 saturated carbocycles. The van der Waals surface area contributed by atoms with Gasteiger partial charge in [-0.05, 0) is 50.8 Å². The molecule has 0 radical (unpaired) electrons. The van der Waals surface area contributed by atoms with Crippen molar-refractivity contribution in [2.45, 2.75) is 45.2 Å². The van der Waals surface area contributed by atoms with Gasteiger partial charge in [-0.15, -0.1) is 0 Å². The van der Waals surface area contributed by atoms with Crippen LogP contribution in [0.2, 0.25) is 0 Å². The Labute approximate surface area is 120 Å². The fourth-order valence-corrected chi connectivity index (χ4v) is 2.72. The molecular formula is C16H24N2O2. The average Bonchev–Trinajstić information content (AvgIpc) is 2.47. The molecular weight excluding hydrogens is 252 g/mol. The highest BCUT2D eigenvalue weighted by atomic mass is 16.3. The number of benzene rings is 1. The Morgan fingerprint density at radius 1 is 1.25 bits per heavy atom. The van der Waals surface area contributed by atoms with E-state index >= 15 is 0 Å². The molecule has 1 heterocycles. The highest BCUT2D eigenvalue weighted by Crippen LogP contribution is 2.19. The van der Waals surface area contributed by atoms with Gasteiger partial charge in [0.25, 0.3) is 0 Å². The van der Waals surface area contributed by atoms with Crippen molar-refractivity contribution in [2.75, 3.05) is 13.1 Å². The first-order valence-electron chi connectivity index (χ1n) is 7.41. The summed E-state index contributed by atoms with van der Waals surface area (Å²) in [5.41, 5.74) is 0.989. The highest BCUT2D eigenvalue weighted by Gasteiger charge is 2.23. The lowest BCUT2D eigenvalue weighted by Crippen LogP contribution is -2.47. The Bertz CT molecular complexity index is 456. The lowest BCUT2D eigenvalue weighted by Gasteiger charge is -2.30. The van der Waals surface area contributed by atoms with Gasteiger partial charge in [-0.2, -0.15) is 0 Å². The zero-order valence-corrected chi connectivity index (χ0v) is 12.3. The monoisotopic (exact) mass is 276 g/mol. The molecule has 1 aliphatic heterocycles. The van der Waals surface area contributed by atoms with Gasteiger partial charge in [0, 0.05) is 19.1 Å². The minimum Gasteiger partial charge on any atom is -0.508 e. The maximum Gasteiger partial charge on any atom is 0.239 e. The summed E-state index contributed by atoms with van der Waals surface area (Å²) < 4.78 is 0. The summed E-state index contributed by atoms with van der Waals surface area (Å²) in [7, 11) is 0. The Morgan fingerprint density at radius 3 is 2.60 bits per heavy atom. The normalized spacial score (nSPS) is 18.6. The van der Waals surface area contributed by atoms with Crippen LogP contribution in [-0.4, -0.2) is 35.0 Å². The van der Waals surface area contributed by atoms with E-state index in [0.29, 0.717) is 0 Å². The zero-order chi connectivity index (χ0) is 14.5. The molecule has 1 saturated heterocycles. The zero-order valence-electron chi connectivity index (χ0n) is 12.3. The van der Waals surface area contributed by atoms with Gasteiger partial charge in [0.15, 0.2) is 0 Å². The second-order valence-corrected chi connectivity index (χ2v) is 5.59.